The zero-order chi connectivity index (χ0) is 15.1. The molecule has 2 amide bonds. The maximum Gasteiger partial charge on any atom is 0.244 e. The third kappa shape index (κ3) is 3.82. The van der Waals surface area contributed by atoms with Crippen LogP contribution in [0.5, 0.6) is 0 Å². The van der Waals surface area contributed by atoms with Crippen molar-refractivity contribution in [2.45, 2.75) is 26.2 Å². The molecule has 0 bridgehead atoms. The average molecular weight is 272 g/mol. The Morgan fingerprint density at radius 2 is 1.65 bits per heavy atom. The van der Waals surface area contributed by atoms with Crippen LogP contribution < -0.4 is 11.5 Å². The van der Waals surface area contributed by atoms with Crippen molar-refractivity contribution < 1.29 is 9.59 Å². The van der Waals surface area contributed by atoms with Crippen LogP contribution in [0.15, 0.2) is 53.6 Å². The standard InChI is InChI=1S/C16H20N2O2/c1-3-11(15(17)19)10-14(13(4-2)16(18)20)12-8-6-5-7-9-12/h3-9,14H,10H2,1-2H3,(H2,17,19)(H2,18,20). The first-order valence-corrected chi connectivity index (χ1v) is 6.47. The highest BCUT2D eigenvalue weighted by Gasteiger charge is 2.22. The first kappa shape index (κ1) is 15.7. The lowest BCUT2D eigenvalue weighted by Gasteiger charge is -2.19. The molecule has 106 valence electrons. The average Bonchev–Trinajstić information content (AvgIpc) is 2.43. The molecule has 1 unspecified atom stereocenters. The number of benzene rings is 1. The zero-order valence-electron chi connectivity index (χ0n) is 11.8. The highest BCUT2D eigenvalue weighted by molar-refractivity contribution is 5.95. The van der Waals surface area contributed by atoms with Gasteiger partial charge in [-0.15, -0.1) is 0 Å². The van der Waals surface area contributed by atoms with Gasteiger partial charge in [0.15, 0.2) is 0 Å². The van der Waals surface area contributed by atoms with Gasteiger partial charge in [0.1, 0.15) is 0 Å². The van der Waals surface area contributed by atoms with Crippen molar-refractivity contribution in [3.05, 3.63) is 59.2 Å². The molecule has 0 heterocycles. The number of rotatable bonds is 6. The lowest BCUT2D eigenvalue weighted by molar-refractivity contribution is -0.116. The van der Waals surface area contributed by atoms with Crippen LogP contribution >= 0.6 is 0 Å². The van der Waals surface area contributed by atoms with Gasteiger partial charge in [0, 0.05) is 17.1 Å². The summed E-state index contributed by atoms with van der Waals surface area (Å²) in [7, 11) is 0. The number of primary amides is 2. The third-order valence-corrected chi connectivity index (χ3v) is 3.26. The van der Waals surface area contributed by atoms with Crippen LogP contribution in [-0.4, -0.2) is 11.8 Å². The van der Waals surface area contributed by atoms with Gasteiger partial charge in [0.2, 0.25) is 11.8 Å². The van der Waals surface area contributed by atoms with Gasteiger partial charge in [-0.05, 0) is 25.8 Å². The molecule has 4 nitrogen and oxygen atoms in total. The quantitative estimate of drug-likeness (QED) is 0.776. The highest BCUT2D eigenvalue weighted by Crippen LogP contribution is 2.30. The molecule has 4 N–H and O–H groups in total. The first-order valence-electron chi connectivity index (χ1n) is 6.47. The Morgan fingerprint density at radius 3 is 2.05 bits per heavy atom. The minimum Gasteiger partial charge on any atom is -0.366 e. The van der Waals surface area contributed by atoms with Gasteiger partial charge in [-0.2, -0.15) is 0 Å². The molecule has 4 heteroatoms. The van der Waals surface area contributed by atoms with Gasteiger partial charge < -0.3 is 11.5 Å². The van der Waals surface area contributed by atoms with E-state index in [0.717, 1.165) is 5.56 Å². The lowest BCUT2D eigenvalue weighted by Crippen LogP contribution is -2.22. The summed E-state index contributed by atoms with van der Waals surface area (Å²) in [6.07, 6.45) is 3.72. The summed E-state index contributed by atoms with van der Waals surface area (Å²) in [5, 5.41) is 0. The Labute approximate surface area is 119 Å². The molecule has 20 heavy (non-hydrogen) atoms. The highest BCUT2D eigenvalue weighted by atomic mass is 16.1. The second-order valence-corrected chi connectivity index (χ2v) is 4.45. The minimum absolute atomic E-state index is 0.266. The molecule has 1 rings (SSSR count). The fraction of sp³-hybridized carbons (Fsp3) is 0.250. The number of allylic oxidation sites excluding steroid dienone is 2. The third-order valence-electron chi connectivity index (χ3n) is 3.26. The summed E-state index contributed by atoms with van der Waals surface area (Å²) in [5.74, 6) is -1.23. The van der Waals surface area contributed by atoms with Gasteiger partial charge in [-0.25, -0.2) is 0 Å². The first-order chi connectivity index (χ1) is 9.51. The molecule has 1 atom stereocenters. The lowest BCUT2D eigenvalue weighted by atomic mass is 9.84. The Hall–Kier alpha value is -2.36. The predicted molar refractivity (Wildman–Crippen MR) is 79.7 cm³/mol. The monoisotopic (exact) mass is 272 g/mol. The largest absolute Gasteiger partial charge is 0.366 e. The maximum atomic E-state index is 11.6. The normalized spacial score (nSPS) is 13.9. The van der Waals surface area contributed by atoms with E-state index in [-0.39, 0.29) is 5.92 Å². The van der Waals surface area contributed by atoms with Crippen molar-refractivity contribution in [3.8, 4) is 0 Å². The predicted octanol–water partition coefficient (Wildman–Crippen LogP) is 2.02. The molecule has 0 radical (unpaired) electrons. The fourth-order valence-corrected chi connectivity index (χ4v) is 2.19. The van der Waals surface area contributed by atoms with Crippen molar-refractivity contribution in [1.82, 2.24) is 0 Å². The Kier molecular flexibility index (Phi) is 5.72. The van der Waals surface area contributed by atoms with E-state index in [9.17, 15) is 9.59 Å². The molecule has 0 spiro atoms. The Balaban J connectivity index is 3.22. The van der Waals surface area contributed by atoms with Crippen LogP contribution in [0.3, 0.4) is 0 Å². The van der Waals surface area contributed by atoms with E-state index in [4.69, 9.17) is 11.5 Å². The van der Waals surface area contributed by atoms with E-state index in [2.05, 4.69) is 0 Å². The van der Waals surface area contributed by atoms with Crippen LogP contribution in [0.1, 0.15) is 31.7 Å². The van der Waals surface area contributed by atoms with Crippen molar-refractivity contribution in [3.63, 3.8) is 0 Å². The smallest absolute Gasteiger partial charge is 0.244 e. The van der Waals surface area contributed by atoms with Crippen molar-refractivity contribution in [1.29, 1.82) is 0 Å². The number of nitrogens with two attached hydrogens (primary N) is 2. The number of carbonyl (C=O) groups is 2. The summed E-state index contributed by atoms with van der Waals surface area (Å²) in [6.45, 7) is 3.51. The van der Waals surface area contributed by atoms with Gasteiger partial charge in [0.25, 0.3) is 0 Å². The molecule has 0 saturated carbocycles. The zero-order valence-corrected chi connectivity index (χ0v) is 11.8. The van der Waals surface area contributed by atoms with E-state index < -0.39 is 11.8 Å². The van der Waals surface area contributed by atoms with Crippen molar-refractivity contribution in [2.75, 3.05) is 0 Å². The maximum absolute atomic E-state index is 11.6. The summed E-state index contributed by atoms with van der Waals surface area (Å²) < 4.78 is 0. The van der Waals surface area contributed by atoms with E-state index in [0.29, 0.717) is 17.6 Å². The minimum atomic E-state index is -0.485. The van der Waals surface area contributed by atoms with Gasteiger partial charge in [0.05, 0.1) is 0 Å². The van der Waals surface area contributed by atoms with Crippen LogP contribution in [0.25, 0.3) is 0 Å². The molecule has 0 aromatic heterocycles. The SMILES string of the molecule is CC=C(CC(C(=CC)C(N)=O)c1ccccc1)C(N)=O. The van der Waals surface area contributed by atoms with E-state index in [1.54, 1.807) is 26.0 Å². The summed E-state index contributed by atoms with van der Waals surface area (Å²) in [4.78, 5) is 23.0. The molecule has 0 aliphatic carbocycles. The van der Waals surface area contributed by atoms with Gasteiger partial charge in [-0.3, -0.25) is 9.59 Å². The Bertz CT molecular complexity index is 545. The second-order valence-electron chi connectivity index (χ2n) is 4.45. The van der Waals surface area contributed by atoms with Crippen LogP contribution in [0.2, 0.25) is 0 Å². The van der Waals surface area contributed by atoms with Crippen LogP contribution in [0, 0.1) is 0 Å². The molecule has 1 aromatic carbocycles. The summed E-state index contributed by atoms with van der Waals surface area (Å²) in [5.41, 5.74) is 12.7. The van der Waals surface area contributed by atoms with Crippen LogP contribution in [-0.2, 0) is 9.59 Å². The number of carbonyl (C=O) groups excluding carboxylic acids is 2. The van der Waals surface area contributed by atoms with E-state index in [1.807, 2.05) is 30.3 Å². The van der Waals surface area contributed by atoms with Gasteiger partial charge in [-0.1, -0.05) is 42.5 Å². The van der Waals surface area contributed by atoms with E-state index in [1.165, 1.54) is 0 Å². The molecule has 0 fully saturated rings. The topological polar surface area (TPSA) is 86.2 Å². The molecule has 0 aliphatic rings. The number of amides is 2. The van der Waals surface area contributed by atoms with E-state index >= 15 is 0 Å². The number of hydrogen-bond acceptors (Lipinski definition) is 2. The molecule has 1 aromatic rings. The van der Waals surface area contributed by atoms with Crippen molar-refractivity contribution >= 4 is 11.8 Å². The fourth-order valence-electron chi connectivity index (χ4n) is 2.19. The molecule has 0 aliphatic heterocycles. The molecular formula is C16H20N2O2. The van der Waals surface area contributed by atoms with Gasteiger partial charge >= 0.3 is 0 Å². The van der Waals surface area contributed by atoms with Crippen molar-refractivity contribution in [2.24, 2.45) is 11.5 Å². The number of hydrogen-bond donors (Lipinski definition) is 2. The second kappa shape index (κ2) is 7.28. The summed E-state index contributed by atoms with van der Waals surface area (Å²) in [6, 6.07) is 9.48. The van der Waals surface area contributed by atoms with Crippen LogP contribution in [0.4, 0.5) is 0 Å². The summed E-state index contributed by atoms with van der Waals surface area (Å²) >= 11 is 0. The molecular weight excluding hydrogens is 252 g/mol. The Morgan fingerprint density at radius 1 is 1.05 bits per heavy atom. The molecule has 0 saturated heterocycles.